The summed E-state index contributed by atoms with van der Waals surface area (Å²) >= 11 is 0. The highest BCUT2D eigenvalue weighted by Crippen LogP contribution is 2.10. The lowest BCUT2D eigenvalue weighted by atomic mass is 10.1. The predicted octanol–water partition coefficient (Wildman–Crippen LogP) is 2.62. The number of rotatable bonds is 6. The molecule has 0 aliphatic rings. The van der Waals surface area contributed by atoms with Crippen molar-refractivity contribution in [2.45, 2.75) is 39.2 Å². The van der Waals surface area contributed by atoms with Crippen molar-refractivity contribution in [3.63, 3.8) is 0 Å². The van der Waals surface area contributed by atoms with Crippen LogP contribution in [0.25, 0.3) is 0 Å². The maximum atomic E-state index is 11.7. The molecule has 0 aromatic heterocycles. The summed E-state index contributed by atoms with van der Waals surface area (Å²) in [6, 6.07) is 6.11. The maximum absolute atomic E-state index is 11.7. The van der Waals surface area contributed by atoms with Gasteiger partial charge in [0.05, 0.1) is 0 Å². The molecular weight excluding hydrogens is 244 g/mol. The number of carbonyl (C=O) groups excluding carboxylic acids is 1. The number of aryl methyl sites for hydroxylation is 1. The Labute approximate surface area is 113 Å². The molecule has 1 atom stereocenters. The highest BCUT2D eigenvalue weighted by Gasteiger charge is 2.18. The molecule has 0 aliphatic carbocycles. The fraction of sp³-hybridized carbons (Fsp3) is 0.429. The lowest BCUT2D eigenvalue weighted by molar-refractivity contribution is -0.139. The van der Waals surface area contributed by atoms with Crippen molar-refractivity contribution in [1.29, 1.82) is 0 Å². The molecule has 0 aliphatic heterocycles. The van der Waals surface area contributed by atoms with E-state index >= 15 is 0 Å². The van der Waals surface area contributed by atoms with Gasteiger partial charge in [-0.15, -0.1) is 0 Å². The molecule has 0 radical (unpaired) electrons. The molecule has 104 valence electrons. The van der Waals surface area contributed by atoms with E-state index in [9.17, 15) is 9.59 Å². The van der Waals surface area contributed by atoms with Crippen LogP contribution in [0.2, 0.25) is 0 Å². The fourth-order valence-corrected chi connectivity index (χ4v) is 1.70. The number of benzene rings is 1. The number of carbonyl (C=O) groups is 2. The number of amides is 2. The summed E-state index contributed by atoms with van der Waals surface area (Å²) in [6.07, 6.45) is 2.05. The number of carboxylic acid groups (broad SMARTS) is 1. The summed E-state index contributed by atoms with van der Waals surface area (Å²) in [7, 11) is 0. The van der Waals surface area contributed by atoms with Crippen molar-refractivity contribution in [2.24, 2.45) is 0 Å². The summed E-state index contributed by atoms with van der Waals surface area (Å²) in [5.41, 5.74) is 1.83. The smallest absolute Gasteiger partial charge is 0.326 e. The Hall–Kier alpha value is -2.04. The largest absolute Gasteiger partial charge is 0.480 e. The van der Waals surface area contributed by atoms with Gasteiger partial charge in [0.25, 0.3) is 0 Å². The van der Waals surface area contributed by atoms with E-state index in [1.54, 1.807) is 12.1 Å². The fourth-order valence-electron chi connectivity index (χ4n) is 1.70. The van der Waals surface area contributed by atoms with Gasteiger partial charge < -0.3 is 15.7 Å². The van der Waals surface area contributed by atoms with Crippen LogP contribution in [0.4, 0.5) is 10.5 Å². The minimum Gasteiger partial charge on any atom is -0.480 e. The zero-order valence-electron chi connectivity index (χ0n) is 11.3. The van der Waals surface area contributed by atoms with E-state index in [2.05, 4.69) is 17.6 Å². The van der Waals surface area contributed by atoms with Crippen molar-refractivity contribution >= 4 is 17.7 Å². The number of aliphatic carboxylic acids is 1. The number of anilines is 1. The SMILES string of the molecule is CCCC(NC(=O)Nc1ccc(CC)cc1)C(=O)O. The quantitative estimate of drug-likeness (QED) is 0.739. The van der Waals surface area contributed by atoms with Gasteiger partial charge in [-0.1, -0.05) is 32.4 Å². The van der Waals surface area contributed by atoms with E-state index < -0.39 is 18.0 Å². The van der Waals surface area contributed by atoms with E-state index in [-0.39, 0.29) is 0 Å². The number of hydrogen-bond donors (Lipinski definition) is 3. The van der Waals surface area contributed by atoms with Gasteiger partial charge in [-0.2, -0.15) is 0 Å². The first-order valence-electron chi connectivity index (χ1n) is 6.46. The number of nitrogens with one attached hydrogen (secondary N) is 2. The van der Waals surface area contributed by atoms with Gasteiger partial charge in [0.1, 0.15) is 6.04 Å². The van der Waals surface area contributed by atoms with Gasteiger partial charge in [0, 0.05) is 5.69 Å². The van der Waals surface area contributed by atoms with Crippen molar-refractivity contribution < 1.29 is 14.7 Å². The second-order valence-electron chi connectivity index (χ2n) is 4.33. The highest BCUT2D eigenvalue weighted by atomic mass is 16.4. The Morgan fingerprint density at radius 1 is 1.21 bits per heavy atom. The van der Waals surface area contributed by atoms with Crippen LogP contribution in [0.15, 0.2) is 24.3 Å². The Morgan fingerprint density at radius 2 is 1.84 bits per heavy atom. The van der Waals surface area contributed by atoms with Gasteiger partial charge in [-0.25, -0.2) is 9.59 Å². The van der Waals surface area contributed by atoms with Crippen LogP contribution in [0.1, 0.15) is 32.3 Å². The van der Waals surface area contributed by atoms with Crippen LogP contribution in [-0.2, 0) is 11.2 Å². The Bertz CT molecular complexity index is 429. The second-order valence-corrected chi connectivity index (χ2v) is 4.33. The van der Waals surface area contributed by atoms with Crippen LogP contribution in [-0.4, -0.2) is 23.1 Å². The molecule has 1 aromatic carbocycles. The number of carboxylic acids is 1. The molecule has 1 aromatic rings. The predicted molar refractivity (Wildman–Crippen MR) is 74.3 cm³/mol. The first-order chi connectivity index (χ1) is 9.06. The van der Waals surface area contributed by atoms with E-state index in [4.69, 9.17) is 5.11 Å². The van der Waals surface area contributed by atoms with E-state index in [0.717, 1.165) is 6.42 Å². The molecule has 5 nitrogen and oxygen atoms in total. The molecule has 0 saturated carbocycles. The van der Waals surface area contributed by atoms with Gasteiger partial charge in [-0.05, 0) is 30.5 Å². The number of hydrogen-bond acceptors (Lipinski definition) is 2. The van der Waals surface area contributed by atoms with Crippen LogP contribution >= 0.6 is 0 Å². The van der Waals surface area contributed by atoms with Gasteiger partial charge in [0.15, 0.2) is 0 Å². The van der Waals surface area contributed by atoms with Crippen LogP contribution in [0.5, 0.6) is 0 Å². The molecule has 0 spiro atoms. The third-order valence-corrected chi connectivity index (χ3v) is 2.80. The molecule has 2 amide bonds. The molecule has 1 unspecified atom stereocenters. The summed E-state index contributed by atoms with van der Waals surface area (Å²) < 4.78 is 0. The van der Waals surface area contributed by atoms with Crippen molar-refractivity contribution in [3.8, 4) is 0 Å². The summed E-state index contributed by atoms with van der Waals surface area (Å²) in [6.45, 7) is 3.93. The molecule has 19 heavy (non-hydrogen) atoms. The lowest BCUT2D eigenvalue weighted by Gasteiger charge is -2.14. The molecular formula is C14H20N2O3. The lowest BCUT2D eigenvalue weighted by Crippen LogP contribution is -2.42. The summed E-state index contributed by atoms with van der Waals surface area (Å²) in [5.74, 6) is -1.02. The molecule has 3 N–H and O–H groups in total. The minimum atomic E-state index is -1.02. The zero-order valence-corrected chi connectivity index (χ0v) is 11.3. The van der Waals surface area contributed by atoms with Crippen LogP contribution in [0, 0.1) is 0 Å². The zero-order chi connectivity index (χ0) is 14.3. The van der Waals surface area contributed by atoms with E-state index in [1.807, 2.05) is 19.1 Å². The minimum absolute atomic E-state index is 0.414. The van der Waals surface area contributed by atoms with E-state index in [1.165, 1.54) is 5.56 Å². The van der Waals surface area contributed by atoms with Gasteiger partial charge >= 0.3 is 12.0 Å². The maximum Gasteiger partial charge on any atom is 0.326 e. The summed E-state index contributed by atoms with van der Waals surface area (Å²) in [5, 5.41) is 14.0. The van der Waals surface area contributed by atoms with Crippen molar-refractivity contribution in [2.75, 3.05) is 5.32 Å². The van der Waals surface area contributed by atoms with Crippen molar-refractivity contribution in [1.82, 2.24) is 5.32 Å². The third-order valence-electron chi connectivity index (χ3n) is 2.80. The van der Waals surface area contributed by atoms with Crippen LogP contribution in [0.3, 0.4) is 0 Å². The van der Waals surface area contributed by atoms with E-state index in [0.29, 0.717) is 18.5 Å². The molecule has 0 heterocycles. The highest BCUT2D eigenvalue weighted by molar-refractivity contribution is 5.92. The molecule has 0 saturated heterocycles. The van der Waals surface area contributed by atoms with Crippen molar-refractivity contribution in [3.05, 3.63) is 29.8 Å². The molecule has 5 heteroatoms. The van der Waals surface area contributed by atoms with Gasteiger partial charge in [-0.3, -0.25) is 0 Å². The Morgan fingerprint density at radius 3 is 2.32 bits per heavy atom. The van der Waals surface area contributed by atoms with Crippen LogP contribution < -0.4 is 10.6 Å². The topological polar surface area (TPSA) is 78.4 Å². The Balaban J connectivity index is 2.55. The standard InChI is InChI=1S/C14H20N2O3/c1-3-5-12(13(17)18)16-14(19)15-11-8-6-10(4-2)7-9-11/h6-9,12H,3-5H2,1-2H3,(H,17,18)(H2,15,16,19). The first kappa shape index (κ1) is 15.0. The normalized spacial score (nSPS) is 11.7. The Kier molecular flexibility index (Phi) is 5.85. The number of urea groups is 1. The molecule has 0 fully saturated rings. The monoisotopic (exact) mass is 264 g/mol. The second kappa shape index (κ2) is 7.41. The van der Waals surface area contributed by atoms with Gasteiger partial charge in [0.2, 0.25) is 0 Å². The third kappa shape index (κ3) is 4.99. The molecule has 0 bridgehead atoms. The average molecular weight is 264 g/mol. The first-order valence-corrected chi connectivity index (χ1v) is 6.46. The molecule has 1 rings (SSSR count). The summed E-state index contributed by atoms with van der Waals surface area (Å²) in [4.78, 5) is 22.6. The average Bonchev–Trinajstić information content (AvgIpc) is 2.39.